The maximum absolute atomic E-state index is 13.0. The highest BCUT2D eigenvalue weighted by Crippen LogP contribution is 2.18. The minimum atomic E-state index is -0.493. The normalized spacial score (nSPS) is 16.3. The molecular weight excluding hydrogens is 347 g/mol. The number of aliphatic hydroxyl groups is 1. The number of anilines is 1. The molecule has 27 heavy (non-hydrogen) atoms. The summed E-state index contributed by atoms with van der Waals surface area (Å²) in [6.07, 6.45) is -0.493. The van der Waals surface area contributed by atoms with Crippen molar-refractivity contribution in [1.29, 1.82) is 0 Å². The highest BCUT2D eigenvalue weighted by atomic mass is 19.1. The molecule has 0 aliphatic carbocycles. The molecule has 2 N–H and O–H groups in total. The fourth-order valence-electron chi connectivity index (χ4n) is 3.46. The molecule has 1 heterocycles. The predicted octanol–water partition coefficient (Wildman–Crippen LogP) is 1.12. The van der Waals surface area contributed by atoms with Crippen LogP contribution in [0.5, 0.6) is 5.75 Å². The number of hydrogen-bond donors (Lipinski definition) is 2. The van der Waals surface area contributed by atoms with E-state index in [9.17, 15) is 9.50 Å². The molecule has 1 aliphatic heterocycles. The van der Waals surface area contributed by atoms with Gasteiger partial charge in [-0.1, -0.05) is 18.2 Å². The highest BCUT2D eigenvalue weighted by molar-refractivity contribution is 5.46. The van der Waals surface area contributed by atoms with Crippen molar-refractivity contribution in [1.82, 2.24) is 0 Å². The molecule has 1 aliphatic rings. The van der Waals surface area contributed by atoms with E-state index in [0.717, 1.165) is 43.2 Å². The summed E-state index contributed by atoms with van der Waals surface area (Å²) in [7, 11) is 1.64. The first-order valence-electron chi connectivity index (χ1n) is 9.37. The van der Waals surface area contributed by atoms with E-state index in [4.69, 9.17) is 9.47 Å². The number of para-hydroxylation sites is 1. The third-order valence-electron chi connectivity index (χ3n) is 4.95. The van der Waals surface area contributed by atoms with E-state index in [0.29, 0.717) is 19.8 Å². The van der Waals surface area contributed by atoms with Crippen molar-refractivity contribution in [3.63, 3.8) is 0 Å². The molecule has 0 aromatic heterocycles. The summed E-state index contributed by atoms with van der Waals surface area (Å²) in [4.78, 5) is 3.62. The lowest BCUT2D eigenvalue weighted by molar-refractivity contribution is -0.903. The van der Waals surface area contributed by atoms with E-state index in [-0.39, 0.29) is 5.82 Å². The standard InChI is InChI=1S/C21H27FN2O3/c1-26-21-5-3-2-4-17(21)15-27-16-20(25)14-23-10-12-24(13-11-23)19-8-6-18(22)7-9-19/h2-9,20,25H,10-16H2,1H3/p+1/t20-/m1/s1. The van der Waals surface area contributed by atoms with Gasteiger partial charge < -0.3 is 24.4 Å². The van der Waals surface area contributed by atoms with Gasteiger partial charge in [-0.05, 0) is 30.3 Å². The average molecular weight is 375 g/mol. The van der Waals surface area contributed by atoms with Crippen LogP contribution in [-0.4, -0.2) is 57.7 Å². The number of piperazine rings is 1. The van der Waals surface area contributed by atoms with E-state index in [1.165, 1.54) is 17.0 Å². The Bertz CT molecular complexity index is 703. The second-order valence-electron chi connectivity index (χ2n) is 6.90. The maximum atomic E-state index is 13.0. The number of methoxy groups -OCH3 is 1. The Hall–Kier alpha value is -2.15. The van der Waals surface area contributed by atoms with Gasteiger partial charge in [0.25, 0.3) is 0 Å². The van der Waals surface area contributed by atoms with Gasteiger partial charge in [-0.25, -0.2) is 4.39 Å². The van der Waals surface area contributed by atoms with E-state index in [1.807, 2.05) is 36.4 Å². The van der Waals surface area contributed by atoms with Crippen LogP contribution in [0.1, 0.15) is 5.56 Å². The zero-order chi connectivity index (χ0) is 19.1. The van der Waals surface area contributed by atoms with Gasteiger partial charge in [0, 0.05) is 11.3 Å². The summed E-state index contributed by atoms with van der Waals surface area (Å²) in [5.74, 6) is 0.591. The van der Waals surface area contributed by atoms with Crippen LogP contribution in [0.2, 0.25) is 0 Å². The maximum Gasteiger partial charge on any atom is 0.126 e. The Morgan fingerprint density at radius 1 is 1.11 bits per heavy atom. The second kappa shape index (κ2) is 9.69. The quantitative estimate of drug-likeness (QED) is 0.726. The van der Waals surface area contributed by atoms with Gasteiger partial charge in [0.05, 0.1) is 46.5 Å². The van der Waals surface area contributed by atoms with E-state index < -0.39 is 6.10 Å². The summed E-state index contributed by atoms with van der Waals surface area (Å²) in [5, 5.41) is 10.3. The largest absolute Gasteiger partial charge is 0.496 e. The zero-order valence-electron chi connectivity index (χ0n) is 15.7. The molecule has 0 radical (unpaired) electrons. The fraction of sp³-hybridized carbons (Fsp3) is 0.429. The number of quaternary nitrogens is 1. The van der Waals surface area contributed by atoms with E-state index in [1.54, 1.807) is 7.11 Å². The number of hydrogen-bond acceptors (Lipinski definition) is 4. The number of aliphatic hydroxyl groups excluding tert-OH is 1. The molecule has 0 spiro atoms. The third-order valence-corrected chi connectivity index (χ3v) is 4.95. The first-order chi connectivity index (χ1) is 13.2. The topological polar surface area (TPSA) is 46.4 Å². The van der Waals surface area contributed by atoms with Crippen molar-refractivity contribution in [2.24, 2.45) is 0 Å². The molecule has 1 saturated heterocycles. The molecule has 0 saturated carbocycles. The smallest absolute Gasteiger partial charge is 0.126 e. The van der Waals surface area contributed by atoms with Gasteiger partial charge in [0.1, 0.15) is 24.2 Å². The zero-order valence-corrected chi connectivity index (χ0v) is 15.7. The minimum Gasteiger partial charge on any atom is -0.496 e. The molecule has 2 aromatic carbocycles. The van der Waals surface area contributed by atoms with Crippen molar-refractivity contribution in [3.8, 4) is 5.75 Å². The minimum absolute atomic E-state index is 0.209. The van der Waals surface area contributed by atoms with Crippen LogP contribution in [0.15, 0.2) is 48.5 Å². The van der Waals surface area contributed by atoms with E-state index >= 15 is 0 Å². The molecule has 146 valence electrons. The van der Waals surface area contributed by atoms with Crippen molar-refractivity contribution in [2.75, 3.05) is 51.3 Å². The third kappa shape index (κ3) is 5.66. The van der Waals surface area contributed by atoms with Crippen molar-refractivity contribution >= 4 is 5.69 Å². The first kappa shape index (κ1) is 19.6. The molecule has 0 unspecified atom stereocenters. The summed E-state index contributed by atoms with van der Waals surface area (Å²) in [5.41, 5.74) is 2.03. The van der Waals surface area contributed by atoms with Crippen LogP contribution in [0.4, 0.5) is 10.1 Å². The average Bonchev–Trinajstić information content (AvgIpc) is 2.69. The Morgan fingerprint density at radius 3 is 2.52 bits per heavy atom. The predicted molar refractivity (Wildman–Crippen MR) is 103 cm³/mol. The lowest BCUT2D eigenvalue weighted by Gasteiger charge is -2.34. The molecule has 2 aromatic rings. The molecule has 1 atom stereocenters. The molecule has 0 amide bonds. The number of nitrogens with zero attached hydrogens (tertiary/aromatic N) is 1. The van der Waals surface area contributed by atoms with Crippen molar-refractivity contribution < 1.29 is 23.9 Å². The number of rotatable bonds is 8. The highest BCUT2D eigenvalue weighted by Gasteiger charge is 2.22. The number of halogens is 1. The van der Waals surface area contributed by atoms with Gasteiger partial charge in [-0.2, -0.15) is 0 Å². The lowest BCUT2D eigenvalue weighted by atomic mass is 10.2. The second-order valence-corrected chi connectivity index (χ2v) is 6.90. The lowest BCUT2D eigenvalue weighted by Crippen LogP contribution is -3.16. The van der Waals surface area contributed by atoms with Gasteiger partial charge in [-0.15, -0.1) is 0 Å². The monoisotopic (exact) mass is 375 g/mol. The van der Waals surface area contributed by atoms with Crippen molar-refractivity contribution in [3.05, 3.63) is 59.9 Å². The molecule has 6 heteroatoms. The number of ether oxygens (including phenoxy) is 2. The SMILES string of the molecule is COc1ccccc1COC[C@H](O)C[NH+]1CCN(c2ccc(F)cc2)CC1. The summed E-state index contributed by atoms with van der Waals surface area (Å²) in [6, 6.07) is 14.4. The van der Waals surface area contributed by atoms with Crippen LogP contribution in [0.3, 0.4) is 0 Å². The Balaban J connectivity index is 1.38. The number of nitrogens with one attached hydrogen (secondary N) is 1. The number of benzene rings is 2. The Labute approximate surface area is 159 Å². The summed E-state index contributed by atoms with van der Waals surface area (Å²) >= 11 is 0. The Kier molecular flexibility index (Phi) is 7.04. The van der Waals surface area contributed by atoms with Crippen LogP contribution in [-0.2, 0) is 11.3 Å². The van der Waals surface area contributed by atoms with Crippen LogP contribution >= 0.6 is 0 Å². The molecule has 0 bridgehead atoms. The molecule has 5 nitrogen and oxygen atoms in total. The van der Waals surface area contributed by atoms with Gasteiger partial charge in [-0.3, -0.25) is 0 Å². The van der Waals surface area contributed by atoms with Crippen molar-refractivity contribution in [2.45, 2.75) is 12.7 Å². The van der Waals surface area contributed by atoms with Gasteiger partial charge in [0.2, 0.25) is 0 Å². The van der Waals surface area contributed by atoms with Crippen LogP contribution < -0.4 is 14.5 Å². The van der Waals surface area contributed by atoms with Crippen LogP contribution in [0.25, 0.3) is 0 Å². The summed E-state index contributed by atoms with van der Waals surface area (Å²) < 4.78 is 24.0. The molecule has 3 rings (SSSR count). The summed E-state index contributed by atoms with van der Waals surface area (Å²) in [6.45, 7) is 5.09. The van der Waals surface area contributed by atoms with Gasteiger partial charge >= 0.3 is 0 Å². The van der Waals surface area contributed by atoms with E-state index in [2.05, 4.69) is 4.90 Å². The van der Waals surface area contributed by atoms with Gasteiger partial charge in [0.15, 0.2) is 0 Å². The first-order valence-corrected chi connectivity index (χ1v) is 9.37. The molecular formula is C21H28FN2O3+. The fourth-order valence-corrected chi connectivity index (χ4v) is 3.46. The molecule has 1 fully saturated rings. The van der Waals surface area contributed by atoms with Crippen LogP contribution in [0, 0.1) is 5.82 Å². The Morgan fingerprint density at radius 2 is 1.81 bits per heavy atom.